The minimum atomic E-state index is -1.08. The Balaban J connectivity index is 2.17. The number of fused-ring (bicyclic) bond motifs is 1. The van der Waals surface area contributed by atoms with Gasteiger partial charge in [0.1, 0.15) is 17.2 Å². The molecule has 2 aromatic carbocycles. The smallest absolute Gasteiger partial charge is 0.337 e. The SMILES string of the molecule is C/C=C(\C=P)c1cc(=O)c2cc(F)cc(C(C)Nc3ccccc3C(=O)O)c2o1. The van der Waals surface area contributed by atoms with Gasteiger partial charge in [-0.25, -0.2) is 9.18 Å². The second-order valence-corrected chi connectivity index (χ2v) is 6.74. The molecule has 29 heavy (non-hydrogen) atoms. The van der Waals surface area contributed by atoms with Crippen molar-refractivity contribution in [2.45, 2.75) is 19.9 Å². The molecule has 0 saturated carbocycles. The van der Waals surface area contributed by atoms with Crippen LogP contribution in [0.3, 0.4) is 0 Å². The molecule has 0 spiro atoms. The standard InChI is InChI=1S/C22H19FNO4P/c1-3-13(11-29)20-10-19(25)17-9-14(23)8-16(21(17)28-20)12(2)24-18-7-5-4-6-15(18)22(26)27/h3-12,24,29H,1-2H3,(H,26,27)/b13-3+. The van der Waals surface area contributed by atoms with Crippen molar-refractivity contribution in [3.05, 3.63) is 81.5 Å². The first-order chi connectivity index (χ1) is 13.8. The molecule has 0 aliphatic carbocycles. The molecule has 7 heteroatoms. The average molecular weight is 411 g/mol. The summed E-state index contributed by atoms with van der Waals surface area (Å²) >= 11 is 0. The highest BCUT2D eigenvalue weighted by Gasteiger charge is 2.19. The molecule has 2 N–H and O–H groups in total. The molecule has 1 unspecified atom stereocenters. The summed E-state index contributed by atoms with van der Waals surface area (Å²) in [6.45, 7) is 3.54. The first-order valence-electron chi connectivity index (χ1n) is 8.89. The van der Waals surface area contributed by atoms with Crippen LogP contribution >= 0.6 is 8.86 Å². The van der Waals surface area contributed by atoms with Crippen LogP contribution in [0.5, 0.6) is 0 Å². The number of carboxylic acid groups (broad SMARTS) is 1. The van der Waals surface area contributed by atoms with E-state index < -0.39 is 17.8 Å². The Morgan fingerprint density at radius 3 is 2.66 bits per heavy atom. The molecule has 3 rings (SSSR count). The lowest BCUT2D eigenvalue weighted by Crippen LogP contribution is -2.13. The summed E-state index contributed by atoms with van der Waals surface area (Å²) in [6.07, 6.45) is 1.77. The van der Waals surface area contributed by atoms with Crippen LogP contribution in [-0.2, 0) is 0 Å². The number of benzene rings is 2. The fourth-order valence-electron chi connectivity index (χ4n) is 3.11. The van der Waals surface area contributed by atoms with Crippen LogP contribution in [0, 0.1) is 5.82 Å². The van der Waals surface area contributed by atoms with Crippen molar-refractivity contribution in [2.75, 3.05) is 5.32 Å². The third-order valence-corrected chi connectivity index (χ3v) is 4.88. The van der Waals surface area contributed by atoms with Crippen LogP contribution in [0.2, 0.25) is 0 Å². The van der Waals surface area contributed by atoms with E-state index in [0.717, 1.165) is 6.07 Å². The highest BCUT2D eigenvalue weighted by atomic mass is 31.0. The van der Waals surface area contributed by atoms with Gasteiger partial charge < -0.3 is 14.8 Å². The summed E-state index contributed by atoms with van der Waals surface area (Å²) in [5, 5.41) is 12.6. The fraction of sp³-hybridized carbons (Fsp3) is 0.136. The second kappa shape index (κ2) is 8.41. The largest absolute Gasteiger partial charge is 0.478 e. The second-order valence-electron chi connectivity index (χ2n) is 6.45. The number of carboxylic acids is 1. The van der Waals surface area contributed by atoms with E-state index in [4.69, 9.17) is 4.42 Å². The van der Waals surface area contributed by atoms with Crippen molar-refractivity contribution >= 4 is 42.9 Å². The molecule has 1 aromatic heterocycles. The lowest BCUT2D eigenvalue weighted by molar-refractivity contribution is 0.0698. The number of hydrogen-bond donors (Lipinski definition) is 2. The molecular formula is C22H19FNO4P. The van der Waals surface area contributed by atoms with Gasteiger partial charge in [0.2, 0.25) is 0 Å². The molecule has 0 aliphatic heterocycles. The first kappa shape index (κ1) is 20.5. The Morgan fingerprint density at radius 1 is 1.28 bits per heavy atom. The molecule has 0 radical (unpaired) electrons. The van der Waals surface area contributed by atoms with E-state index in [0.29, 0.717) is 22.6 Å². The van der Waals surface area contributed by atoms with Gasteiger partial charge in [-0.3, -0.25) is 4.79 Å². The van der Waals surface area contributed by atoms with Crippen LogP contribution < -0.4 is 10.7 Å². The summed E-state index contributed by atoms with van der Waals surface area (Å²) in [4.78, 5) is 24.0. The van der Waals surface area contributed by atoms with Crippen LogP contribution in [0.1, 0.15) is 41.6 Å². The number of rotatable bonds is 6. The maximum Gasteiger partial charge on any atom is 0.337 e. The molecule has 148 valence electrons. The van der Waals surface area contributed by atoms with Gasteiger partial charge >= 0.3 is 5.97 Å². The number of halogens is 1. The van der Waals surface area contributed by atoms with E-state index in [2.05, 4.69) is 14.2 Å². The van der Waals surface area contributed by atoms with Gasteiger partial charge in [-0.2, -0.15) is 0 Å². The van der Waals surface area contributed by atoms with Crippen LogP contribution in [-0.4, -0.2) is 16.9 Å². The quantitative estimate of drug-likeness (QED) is 0.549. The van der Waals surface area contributed by atoms with Crippen molar-refractivity contribution in [3.63, 3.8) is 0 Å². The van der Waals surface area contributed by atoms with Gasteiger partial charge in [0.05, 0.1) is 17.0 Å². The van der Waals surface area contributed by atoms with Crippen molar-refractivity contribution in [1.29, 1.82) is 0 Å². The van der Waals surface area contributed by atoms with Crippen molar-refractivity contribution in [3.8, 4) is 0 Å². The predicted octanol–water partition coefficient (Wildman–Crippen LogP) is 5.15. The fourth-order valence-corrected chi connectivity index (χ4v) is 3.42. The minimum Gasteiger partial charge on any atom is -0.478 e. The van der Waals surface area contributed by atoms with E-state index in [1.54, 1.807) is 43.9 Å². The van der Waals surface area contributed by atoms with Crippen molar-refractivity contribution in [1.82, 2.24) is 0 Å². The monoisotopic (exact) mass is 411 g/mol. The van der Waals surface area contributed by atoms with Gasteiger partial charge in [-0.05, 0) is 43.9 Å². The topological polar surface area (TPSA) is 79.5 Å². The summed E-state index contributed by atoms with van der Waals surface area (Å²) < 4.78 is 20.2. The summed E-state index contributed by atoms with van der Waals surface area (Å²) in [5.41, 5.74) is 1.41. The van der Waals surface area contributed by atoms with Gasteiger partial charge in [-0.15, -0.1) is 8.86 Å². The van der Waals surface area contributed by atoms with Crippen LogP contribution in [0.25, 0.3) is 16.5 Å². The maximum atomic E-state index is 14.2. The number of nitrogens with one attached hydrogen (secondary N) is 1. The van der Waals surface area contributed by atoms with Crippen molar-refractivity contribution < 1.29 is 18.7 Å². The van der Waals surface area contributed by atoms with Gasteiger partial charge in [0.25, 0.3) is 0 Å². The molecule has 0 amide bonds. The van der Waals surface area contributed by atoms with E-state index >= 15 is 0 Å². The number of aromatic carboxylic acids is 1. The average Bonchev–Trinajstić information content (AvgIpc) is 2.69. The van der Waals surface area contributed by atoms with Crippen LogP contribution in [0.4, 0.5) is 10.1 Å². The molecule has 3 aromatic rings. The Labute approximate surface area is 168 Å². The minimum absolute atomic E-state index is 0.0899. The lowest BCUT2D eigenvalue weighted by atomic mass is 10.0. The highest BCUT2D eigenvalue weighted by Crippen LogP contribution is 2.30. The van der Waals surface area contributed by atoms with Gasteiger partial charge in [0, 0.05) is 22.9 Å². The van der Waals surface area contributed by atoms with E-state index in [9.17, 15) is 19.1 Å². The zero-order valence-corrected chi connectivity index (χ0v) is 16.8. The number of hydrogen-bond acceptors (Lipinski definition) is 4. The zero-order chi connectivity index (χ0) is 21.1. The molecule has 0 aliphatic rings. The molecule has 0 fully saturated rings. The Bertz CT molecular complexity index is 1200. The maximum absolute atomic E-state index is 14.2. The summed E-state index contributed by atoms with van der Waals surface area (Å²) in [6, 6.07) is 9.62. The van der Waals surface area contributed by atoms with Crippen LogP contribution in [0.15, 0.2) is 57.8 Å². The predicted molar refractivity (Wildman–Crippen MR) is 116 cm³/mol. The van der Waals surface area contributed by atoms with Gasteiger partial charge in [0.15, 0.2) is 5.43 Å². The molecule has 1 heterocycles. The summed E-state index contributed by atoms with van der Waals surface area (Å²) in [7, 11) is 3.30. The number of allylic oxidation sites excluding steroid dienone is 2. The lowest BCUT2D eigenvalue weighted by Gasteiger charge is -2.19. The van der Waals surface area contributed by atoms with Crippen molar-refractivity contribution in [2.24, 2.45) is 0 Å². The Hall–Kier alpha value is -3.24. The highest BCUT2D eigenvalue weighted by molar-refractivity contribution is 7.20. The number of anilines is 1. The summed E-state index contributed by atoms with van der Waals surface area (Å²) in [5.74, 6) is 0.304. The number of carbonyl (C=O) groups is 1. The molecule has 1 atom stereocenters. The number of para-hydroxylation sites is 1. The molecular weight excluding hydrogens is 392 g/mol. The Kier molecular flexibility index (Phi) is 5.95. The molecule has 0 bridgehead atoms. The third-order valence-electron chi connectivity index (χ3n) is 4.57. The first-order valence-corrected chi connectivity index (χ1v) is 9.46. The third kappa shape index (κ3) is 4.13. The van der Waals surface area contributed by atoms with E-state index in [1.165, 1.54) is 18.2 Å². The normalized spacial score (nSPS) is 12.6. The van der Waals surface area contributed by atoms with Gasteiger partial charge in [-0.1, -0.05) is 18.2 Å². The van der Waals surface area contributed by atoms with E-state index in [-0.39, 0.29) is 22.0 Å². The Morgan fingerprint density at radius 2 is 2.00 bits per heavy atom. The van der Waals surface area contributed by atoms with E-state index in [1.807, 2.05) is 0 Å². The zero-order valence-electron chi connectivity index (χ0n) is 15.8. The molecule has 5 nitrogen and oxygen atoms in total. The molecule has 0 saturated heterocycles.